The van der Waals surface area contributed by atoms with Crippen LogP contribution in [0.15, 0.2) is 30.3 Å². The van der Waals surface area contributed by atoms with Crippen LogP contribution in [0.25, 0.3) is 0 Å². The molecule has 1 saturated carbocycles. The summed E-state index contributed by atoms with van der Waals surface area (Å²) >= 11 is 0. The first-order valence-corrected chi connectivity index (χ1v) is 8.01. The number of nitrogens with one attached hydrogen (secondary N) is 1. The minimum Gasteiger partial charge on any atom is -0.305 e. The smallest absolute Gasteiger partial charge is 0.0535 e. The van der Waals surface area contributed by atoms with E-state index in [4.69, 9.17) is 0 Å². The van der Waals surface area contributed by atoms with Crippen molar-refractivity contribution in [1.29, 1.82) is 0 Å². The molecule has 1 aromatic rings. The minimum atomic E-state index is 0.0694. The normalized spacial score (nSPS) is 32.3. The van der Waals surface area contributed by atoms with E-state index in [0.717, 1.165) is 19.0 Å². The summed E-state index contributed by atoms with van der Waals surface area (Å²) in [5.41, 5.74) is 1.81. The molecule has 2 heteroatoms. The molecule has 0 bridgehead atoms. The summed E-state index contributed by atoms with van der Waals surface area (Å²) in [6.07, 6.45) is 2.82. The second-order valence-corrected chi connectivity index (χ2v) is 7.48. The Balaban J connectivity index is 1.86. The molecule has 0 radical (unpaired) electrons. The van der Waals surface area contributed by atoms with E-state index in [0.29, 0.717) is 11.6 Å². The molecule has 1 aromatic carbocycles. The van der Waals surface area contributed by atoms with Crippen molar-refractivity contribution in [2.75, 3.05) is 13.1 Å². The van der Waals surface area contributed by atoms with Gasteiger partial charge < -0.3 is 5.32 Å². The number of hydrogen-bond donors (Lipinski definition) is 1. The van der Waals surface area contributed by atoms with Gasteiger partial charge in [0.05, 0.1) is 5.54 Å². The maximum Gasteiger partial charge on any atom is 0.0535 e. The molecule has 1 saturated heterocycles. The van der Waals surface area contributed by atoms with E-state index in [2.05, 4.69) is 68.2 Å². The molecule has 0 spiro atoms. The Morgan fingerprint density at radius 2 is 1.85 bits per heavy atom. The van der Waals surface area contributed by atoms with Crippen LogP contribution in [-0.4, -0.2) is 29.6 Å². The van der Waals surface area contributed by atoms with E-state index < -0.39 is 0 Å². The van der Waals surface area contributed by atoms with Gasteiger partial charge in [0.15, 0.2) is 0 Å². The fraction of sp³-hybridized carbons (Fsp3) is 0.667. The minimum absolute atomic E-state index is 0.0694. The van der Waals surface area contributed by atoms with Gasteiger partial charge in [-0.05, 0) is 52.0 Å². The highest BCUT2D eigenvalue weighted by molar-refractivity contribution is 5.25. The quantitative estimate of drug-likeness (QED) is 0.907. The van der Waals surface area contributed by atoms with Gasteiger partial charge in [0.2, 0.25) is 0 Å². The summed E-state index contributed by atoms with van der Waals surface area (Å²) in [5, 5.41) is 3.78. The van der Waals surface area contributed by atoms with E-state index in [1.165, 1.54) is 18.4 Å². The molecular formula is C18H28N2. The fourth-order valence-corrected chi connectivity index (χ4v) is 3.83. The van der Waals surface area contributed by atoms with Gasteiger partial charge in [-0.1, -0.05) is 30.3 Å². The van der Waals surface area contributed by atoms with Crippen LogP contribution in [0.1, 0.15) is 46.1 Å². The zero-order valence-corrected chi connectivity index (χ0v) is 13.3. The largest absolute Gasteiger partial charge is 0.305 e. The van der Waals surface area contributed by atoms with Crippen molar-refractivity contribution in [3.63, 3.8) is 0 Å². The summed E-state index contributed by atoms with van der Waals surface area (Å²) < 4.78 is 0. The highest BCUT2D eigenvalue weighted by Gasteiger charge is 2.47. The Hall–Kier alpha value is -0.860. The molecule has 2 atom stereocenters. The van der Waals surface area contributed by atoms with Crippen molar-refractivity contribution in [3.8, 4) is 0 Å². The number of hydrogen-bond acceptors (Lipinski definition) is 2. The lowest BCUT2D eigenvalue weighted by Gasteiger charge is -2.52. The molecule has 1 heterocycles. The standard InChI is InChI=1S/C18H28N2/c1-14-12-19-18(4,16-8-6-5-7-9-16)13-20(14)17(2,3)15-10-11-15/h5-9,14-15,19H,10-13H2,1-4H3. The van der Waals surface area contributed by atoms with Crippen molar-refractivity contribution >= 4 is 0 Å². The van der Waals surface area contributed by atoms with Crippen LogP contribution in [0.5, 0.6) is 0 Å². The maximum absolute atomic E-state index is 3.78. The summed E-state index contributed by atoms with van der Waals surface area (Å²) in [7, 11) is 0. The number of benzene rings is 1. The molecule has 20 heavy (non-hydrogen) atoms. The van der Waals surface area contributed by atoms with Gasteiger partial charge in [0.1, 0.15) is 0 Å². The van der Waals surface area contributed by atoms with Crippen molar-refractivity contribution in [2.24, 2.45) is 5.92 Å². The third kappa shape index (κ3) is 2.40. The highest BCUT2D eigenvalue weighted by atomic mass is 15.3. The molecule has 1 aliphatic heterocycles. The number of rotatable bonds is 3. The predicted molar refractivity (Wildman–Crippen MR) is 84.8 cm³/mol. The lowest BCUT2D eigenvalue weighted by atomic mass is 9.84. The van der Waals surface area contributed by atoms with Crippen LogP contribution < -0.4 is 5.32 Å². The monoisotopic (exact) mass is 272 g/mol. The summed E-state index contributed by atoms with van der Waals surface area (Å²) in [5.74, 6) is 0.892. The highest BCUT2D eigenvalue weighted by Crippen LogP contribution is 2.45. The van der Waals surface area contributed by atoms with E-state index >= 15 is 0 Å². The molecule has 2 unspecified atom stereocenters. The fourth-order valence-electron chi connectivity index (χ4n) is 3.83. The predicted octanol–water partition coefficient (Wildman–Crippen LogP) is 3.38. The second-order valence-electron chi connectivity index (χ2n) is 7.48. The summed E-state index contributed by atoms with van der Waals surface area (Å²) in [6, 6.07) is 11.5. The Bertz CT molecular complexity index is 464. The lowest BCUT2D eigenvalue weighted by Crippen LogP contribution is -2.65. The molecule has 2 nitrogen and oxygen atoms in total. The SMILES string of the molecule is CC1CNC(C)(c2ccccc2)CN1C(C)(C)C1CC1. The van der Waals surface area contributed by atoms with E-state index in [9.17, 15) is 0 Å². The Morgan fingerprint density at radius 1 is 1.20 bits per heavy atom. The molecular weight excluding hydrogens is 244 g/mol. The van der Waals surface area contributed by atoms with Crippen LogP contribution in [0.2, 0.25) is 0 Å². The first-order valence-electron chi connectivity index (χ1n) is 8.01. The van der Waals surface area contributed by atoms with Crippen molar-refractivity contribution < 1.29 is 0 Å². The zero-order valence-electron chi connectivity index (χ0n) is 13.3. The average molecular weight is 272 g/mol. The topological polar surface area (TPSA) is 15.3 Å². The van der Waals surface area contributed by atoms with Crippen molar-refractivity contribution in [3.05, 3.63) is 35.9 Å². The lowest BCUT2D eigenvalue weighted by molar-refractivity contribution is -0.00152. The van der Waals surface area contributed by atoms with Gasteiger partial charge in [-0.25, -0.2) is 0 Å². The molecule has 2 aliphatic rings. The average Bonchev–Trinajstić information content (AvgIpc) is 3.27. The molecule has 3 rings (SSSR count). The van der Waals surface area contributed by atoms with E-state index in [1.807, 2.05) is 0 Å². The number of piperazine rings is 1. The van der Waals surface area contributed by atoms with Crippen LogP contribution in [-0.2, 0) is 5.54 Å². The Labute approximate surface area is 123 Å². The summed E-state index contributed by atoms with van der Waals surface area (Å²) in [4.78, 5) is 2.74. The Morgan fingerprint density at radius 3 is 2.45 bits per heavy atom. The first kappa shape index (κ1) is 14.1. The molecule has 1 aliphatic carbocycles. The summed E-state index contributed by atoms with van der Waals surface area (Å²) in [6.45, 7) is 11.8. The van der Waals surface area contributed by atoms with Crippen LogP contribution >= 0.6 is 0 Å². The third-order valence-corrected chi connectivity index (χ3v) is 5.53. The number of nitrogens with zero attached hydrogens (tertiary/aromatic N) is 1. The van der Waals surface area contributed by atoms with Gasteiger partial charge in [0, 0.05) is 24.7 Å². The van der Waals surface area contributed by atoms with Gasteiger partial charge in [-0.3, -0.25) is 4.90 Å². The van der Waals surface area contributed by atoms with Crippen molar-refractivity contribution in [2.45, 2.75) is 57.7 Å². The van der Waals surface area contributed by atoms with Gasteiger partial charge >= 0.3 is 0 Å². The van der Waals surface area contributed by atoms with Crippen LogP contribution in [0.3, 0.4) is 0 Å². The van der Waals surface area contributed by atoms with Crippen LogP contribution in [0.4, 0.5) is 0 Å². The zero-order chi connectivity index (χ0) is 14.4. The van der Waals surface area contributed by atoms with Gasteiger partial charge in [-0.15, -0.1) is 0 Å². The van der Waals surface area contributed by atoms with E-state index in [1.54, 1.807) is 0 Å². The maximum atomic E-state index is 3.78. The molecule has 1 N–H and O–H groups in total. The third-order valence-electron chi connectivity index (χ3n) is 5.53. The second kappa shape index (κ2) is 4.85. The molecule has 110 valence electrons. The molecule has 0 aromatic heterocycles. The van der Waals surface area contributed by atoms with E-state index in [-0.39, 0.29) is 5.54 Å². The first-order chi connectivity index (χ1) is 9.43. The Kier molecular flexibility index (Phi) is 3.42. The van der Waals surface area contributed by atoms with Gasteiger partial charge in [-0.2, -0.15) is 0 Å². The van der Waals surface area contributed by atoms with Gasteiger partial charge in [0.25, 0.3) is 0 Å². The van der Waals surface area contributed by atoms with Crippen molar-refractivity contribution in [1.82, 2.24) is 10.2 Å². The molecule has 2 fully saturated rings. The van der Waals surface area contributed by atoms with Crippen LogP contribution in [0, 0.1) is 5.92 Å². The molecule has 0 amide bonds.